The highest BCUT2D eigenvalue weighted by Gasteiger charge is 2.35. The number of carbonyl (C=O) groups is 3. The molecule has 2 aliphatic rings. The van der Waals surface area contributed by atoms with E-state index in [4.69, 9.17) is 4.74 Å². The van der Waals surface area contributed by atoms with E-state index in [1.54, 1.807) is 30.0 Å². The Morgan fingerprint density at radius 1 is 1.40 bits per heavy atom. The first-order valence-corrected chi connectivity index (χ1v) is 8.40. The van der Waals surface area contributed by atoms with Crippen LogP contribution in [0.2, 0.25) is 0 Å². The minimum atomic E-state index is -0.805. The Kier molecular flexibility index (Phi) is 4.28. The molecule has 2 aliphatic heterocycles. The molecule has 2 heterocycles. The molecule has 0 radical (unpaired) electrons. The van der Waals surface area contributed by atoms with Gasteiger partial charge in [0.15, 0.2) is 6.54 Å². The van der Waals surface area contributed by atoms with Crippen LogP contribution in [0.15, 0.2) is 23.2 Å². The highest BCUT2D eigenvalue weighted by molar-refractivity contribution is 6.36. The van der Waals surface area contributed by atoms with Crippen molar-refractivity contribution in [2.75, 3.05) is 19.6 Å². The van der Waals surface area contributed by atoms with Crippen LogP contribution in [0.5, 0.6) is 0 Å². The molecule has 0 N–H and O–H groups in total. The van der Waals surface area contributed by atoms with Crippen molar-refractivity contribution >= 4 is 17.7 Å². The zero-order valence-corrected chi connectivity index (χ0v) is 14.9. The summed E-state index contributed by atoms with van der Waals surface area (Å²) in [7, 11) is 0. The maximum absolute atomic E-state index is 12.9. The van der Waals surface area contributed by atoms with E-state index in [9.17, 15) is 14.4 Å². The monoisotopic (exact) mass is 344 g/mol. The van der Waals surface area contributed by atoms with Gasteiger partial charge in [0.05, 0.1) is 11.7 Å². The summed E-state index contributed by atoms with van der Waals surface area (Å²) in [6.07, 6.45) is -0.0511. The number of amides is 3. The summed E-state index contributed by atoms with van der Waals surface area (Å²) >= 11 is 0. The van der Waals surface area contributed by atoms with Crippen molar-refractivity contribution in [2.24, 2.45) is 4.99 Å². The number of hydrogen-bond donors (Lipinski definition) is 0. The molecular formula is C18H22N3O4+. The smallest absolute Gasteiger partial charge is 0.369 e. The molecular weight excluding hydrogens is 322 g/mol. The molecule has 3 rings (SSSR count). The molecule has 0 saturated carbocycles. The first-order valence-electron chi connectivity index (χ1n) is 8.40. The van der Waals surface area contributed by atoms with E-state index < -0.39 is 17.4 Å². The van der Waals surface area contributed by atoms with Crippen LogP contribution < -0.4 is 15.3 Å². The first kappa shape index (κ1) is 17.4. The molecule has 132 valence electrons. The molecule has 1 fully saturated rings. The third-order valence-electron chi connectivity index (χ3n) is 4.34. The van der Waals surface area contributed by atoms with Crippen molar-refractivity contribution in [3.63, 3.8) is 0 Å². The molecule has 1 saturated heterocycles. The number of hydrogen-bond acceptors (Lipinski definition) is 4. The van der Waals surface area contributed by atoms with Crippen LogP contribution in [0, 0.1) is 0 Å². The van der Waals surface area contributed by atoms with E-state index in [0.717, 1.165) is 0 Å². The van der Waals surface area contributed by atoms with Crippen LogP contribution in [0.25, 0.3) is 0 Å². The summed E-state index contributed by atoms with van der Waals surface area (Å²) in [5.41, 5.74) is 0.0402. The van der Waals surface area contributed by atoms with Gasteiger partial charge in [-0.25, -0.2) is 4.79 Å². The van der Waals surface area contributed by atoms with E-state index in [2.05, 4.69) is 4.99 Å². The van der Waals surface area contributed by atoms with Gasteiger partial charge in [-0.3, -0.25) is 9.59 Å². The predicted molar refractivity (Wildman–Crippen MR) is 89.5 cm³/mol. The second-order valence-electron chi connectivity index (χ2n) is 7.04. The lowest BCUT2D eigenvalue weighted by Gasteiger charge is -2.41. The van der Waals surface area contributed by atoms with Gasteiger partial charge in [-0.2, -0.15) is 9.57 Å². The number of nitrogens with zero attached hydrogens (tertiary/aromatic N) is 3. The molecule has 1 aromatic rings. The molecule has 1 atom stereocenters. The Balaban J connectivity index is 2.01. The van der Waals surface area contributed by atoms with E-state index in [1.165, 1.54) is 4.58 Å². The Morgan fingerprint density at radius 2 is 2.12 bits per heavy atom. The van der Waals surface area contributed by atoms with Gasteiger partial charge in [0.1, 0.15) is 5.36 Å². The number of benzene rings is 1. The Hall–Kier alpha value is -2.41. The average Bonchev–Trinajstić information content (AvgIpc) is 2.53. The van der Waals surface area contributed by atoms with Gasteiger partial charge in [-0.05, 0) is 39.8 Å². The molecule has 1 unspecified atom stereocenters. The number of fused-ring (bicyclic) bond motifs is 1. The van der Waals surface area contributed by atoms with E-state index in [1.807, 2.05) is 20.8 Å². The first-order chi connectivity index (χ1) is 11.7. The van der Waals surface area contributed by atoms with E-state index >= 15 is 0 Å². The van der Waals surface area contributed by atoms with Crippen LogP contribution in [0.4, 0.5) is 0 Å². The predicted octanol–water partition coefficient (Wildman–Crippen LogP) is -0.476. The molecule has 1 aromatic carbocycles. The fourth-order valence-corrected chi connectivity index (χ4v) is 3.46. The zero-order chi connectivity index (χ0) is 18.4. The Labute approximate surface area is 145 Å². The fraction of sp³-hybridized carbons (Fsp3) is 0.500. The number of ether oxygens (including phenoxy) is 1. The van der Waals surface area contributed by atoms with Gasteiger partial charge in [0.25, 0.3) is 5.91 Å². The summed E-state index contributed by atoms with van der Waals surface area (Å²) in [6.45, 7) is 9.00. The normalized spacial score (nSPS) is 22.5. The standard InChI is InChI=1S/C18H22N3O4/c1-5-21-14-7-6-12(8-13(14)19-15(22)17(21)24)16(23)20-9-11(2)25-18(3,4)10-20/h6-8,11H,5,9-10H2,1-4H3/q+1. The quantitative estimate of drug-likeness (QED) is 0.536. The van der Waals surface area contributed by atoms with E-state index in [-0.39, 0.29) is 12.0 Å². The van der Waals surface area contributed by atoms with Crippen molar-refractivity contribution in [3.8, 4) is 0 Å². The molecule has 0 spiro atoms. The summed E-state index contributed by atoms with van der Waals surface area (Å²) in [4.78, 5) is 42.1. The lowest BCUT2D eigenvalue weighted by Crippen LogP contribution is -2.54. The van der Waals surface area contributed by atoms with Gasteiger partial charge in [-0.1, -0.05) is 0 Å². The molecule has 0 aliphatic carbocycles. The van der Waals surface area contributed by atoms with Gasteiger partial charge < -0.3 is 9.64 Å². The SMILES string of the molecule is CC[N+]1=c2ccc(C(=O)N3CC(C)OC(C)(C)C3)cc2=NC(=O)C1=O. The molecule has 0 aromatic heterocycles. The molecule has 0 bridgehead atoms. The van der Waals surface area contributed by atoms with Crippen molar-refractivity contribution < 1.29 is 19.1 Å². The van der Waals surface area contributed by atoms with Crippen LogP contribution in [0.3, 0.4) is 0 Å². The summed E-state index contributed by atoms with van der Waals surface area (Å²) in [5.74, 6) is -1.58. The minimum Gasteiger partial charge on any atom is -0.369 e. The van der Waals surface area contributed by atoms with Gasteiger partial charge in [0, 0.05) is 24.7 Å². The second-order valence-corrected chi connectivity index (χ2v) is 7.04. The maximum Gasteiger partial charge on any atom is 0.480 e. The number of rotatable bonds is 2. The Morgan fingerprint density at radius 3 is 2.76 bits per heavy atom. The van der Waals surface area contributed by atoms with Crippen molar-refractivity contribution in [2.45, 2.75) is 39.4 Å². The summed E-state index contributed by atoms with van der Waals surface area (Å²) in [6, 6.07) is 4.93. The molecule has 3 amide bonds. The summed E-state index contributed by atoms with van der Waals surface area (Å²) < 4.78 is 7.21. The van der Waals surface area contributed by atoms with Crippen LogP contribution >= 0.6 is 0 Å². The maximum atomic E-state index is 12.9. The largest absolute Gasteiger partial charge is 0.480 e. The molecule has 25 heavy (non-hydrogen) atoms. The van der Waals surface area contributed by atoms with Gasteiger partial charge in [-0.15, -0.1) is 0 Å². The number of carbonyl (C=O) groups excluding carboxylic acids is 3. The molecule has 7 heteroatoms. The minimum absolute atomic E-state index is 0.0511. The Bertz CT molecular complexity index is 888. The highest BCUT2D eigenvalue weighted by atomic mass is 16.5. The highest BCUT2D eigenvalue weighted by Crippen LogP contribution is 2.22. The number of likely N-dealkylation sites (N-methyl/N-ethyl adjacent to an activating group) is 1. The van der Waals surface area contributed by atoms with Gasteiger partial charge >= 0.3 is 11.8 Å². The van der Waals surface area contributed by atoms with Gasteiger partial charge in [0.2, 0.25) is 5.36 Å². The van der Waals surface area contributed by atoms with Crippen LogP contribution in [0.1, 0.15) is 38.1 Å². The van der Waals surface area contributed by atoms with Crippen molar-refractivity contribution in [3.05, 3.63) is 34.5 Å². The zero-order valence-electron chi connectivity index (χ0n) is 14.9. The van der Waals surface area contributed by atoms with E-state index in [0.29, 0.717) is 35.9 Å². The molecule has 7 nitrogen and oxygen atoms in total. The third-order valence-corrected chi connectivity index (χ3v) is 4.34. The average molecular weight is 344 g/mol. The second kappa shape index (κ2) is 6.15. The van der Waals surface area contributed by atoms with Crippen LogP contribution in [-0.2, 0) is 14.3 Å². The third kappa shape index (κ3) is 3.24. The fourth-order valence-electron chi connectivity index (χ4n) is 3.46. The topological polar surface area (TPSA) is 79.0 Å². The lowest BCUT2D eigenvalue weighted by molar-refractivity contribution is -0.138. The van der Waals surface area contributed by atoms with Crippen LogP contribution in [-0.4, -0.2) is 54.0 Å². The lowest BCUT2D eigenvalue weighted by atomic mass is 10.0. The van der Waals surface area contributed by atoms with Crippen molar-refractivity contribution in [1.29, 1.82) is 0 Å². The van der Waals surface area contributed by atoms with Crippen molar-refractivity contribution in [1.82, 2.24) is 9.48 Å². The summed E-state index contributed by atoms with van der Waals surface area (Å²) in [5, 5.41) is 0.914. The number of morpholine rings is 1.